The molecule has 1 atom stereocenters. The van der Waals surface area contributed by atoms with Crippen LogP contribution < -0.4 is 14.2 Å². The summed E-state index contributed by atoms with van der Waals surface area (Å²) in [5.74, 6) is -1.55. The molecule has 1 N–H and O–H groups in total. The molecule has 1 aromatic carbocycles. The van der Waals surface area contributed by atoms with Gasteiger partial charge in [0.25, 0.3) is 0 Å². The number of esters is 1. The number of carbonyl (C=O) groups is 2. The maximum Gasteiger partial charge on any atom is 0.350 e. The standard InChI is InChI=1S/C12H11BrO7/c1-17-7-5-4(12(16)20-8(5)11(14)15)6(13)9(18-2)10(7)19-3/h8H,1-3H3,(H,14,15). The van der Waals surface area contributed by atoms with E-state index in [1.165, 1.54) is 21.3 Å². The van der Waals surface area contributed by atoms with Gasteiger partial charge in [0.2, 0.25) is 11.9 Å². The first-order valence-corrected chi connectivity index (χ1v) is 6.22. The van der Waals surface area contributed by atoms with Gasteiger partial charge in [0.15, 0.2) is 11.5 Å². The van der Waals surface area contributed by atoms with E-state index in [1.807, 2.05) is 0 Å². The lowest BCUT2D eigenvalue weighted by atomic mass is 10.0. The minimum absolute atomic E-state index is 0.0619. The predicted molar refractivity (Wildman–Crippen MR) is 69.6 cm³/mol. The van der Waals surface area contributed by atoms with Crippen molar-refractivity contribution in [1.82, 2.24) is 0 Å². The highest BCUT2D eigenvalue weighted by Gasteiger charge is 2.44. The smallest absolute Gasteiger partial charge is 0.350 e. The van der Waals surface area contributed by atoms with E-state index in [1.54, 1.807) is 0 Å². The maximum atomic E-state index is 11.9. The third-order valence-electron chi connectivity index (χ3n) is 2.87. The minimum atomic E-state index is -1.44. The molecule has 0 saturated heterocycles. The summed E-state index contributed by atoms with van der Waals surface area (Å²) in [4.78, 5) is 23.1. The highest BCUT2D eigenvalue weighted by molar-refractivity contribution is 9.10. The zero-order valence-electron chi connectivity index (χ0n) is 10.9. The van der Waals surface area contributed by atoms with Gasteiger partial charge in [-0.1, -0.05) is 0 Å². The third kappa shape index (κ3) is 1.87. The van der Waals surface area contributed by atoms with E-state index in [2.05, 4.69) is 15.9 Å². The number of cyclic esters (lactones) is 1. The van der Waals surface area contributed by atoms with Crippen molar-refractivity contribution in [2.75, 3.05) is 21.3 Å². The zero-order chi connectivity index (χ0) is 15.0. The van der Waals surface area contributed by atoms with Gasteiger partial charge in [-0.05, 0) is 15.9 Å². The fraction of sp³-hybridized carbons (Fsp3) is 0.333. The first kappa shape index (κ1) is 14.4. The van der Waals surface area contributed by atoms with Crippen LogP contribution in [0.25, 0.3) is 0 Å². The van der Waals surface area contributed by atoms with Crippen molar-refractivity contribution in [2.24, 2.45) is 0 Å². The second-order valence-corrected chi connectivity index (χ2v) is 4.62. The molecule has 0 aromatic heterocycles. The van der Waals surface area contributed by atoms with Crippen LogP contribution in [0.5, 0.6) is 17.2 Å². The van der Waals surface area contributed by atoms with Crippen LogP contribution in [0.15, 0.2) is 4.47 Å². The van der Waals surface area contributed by atoms with Crippen LogP contribution in [-0.4, -0.2) is 38.4 Å². The topological polar surface area (TPSA) is 91.3 Å². The Kier molecular flexibility index (Phi) is 3.76. The zero-order valence-corrected chi connectivity index (χ0v) is 12.4. The van der Waals surface area contributed by atoms with Crippen molar-refractivity contribution in [3.8, 4) is 17.2 Å². The summed E-state index contributed by atoms with van der Waals surface area (Å²) in [5.41, 5.74) is 0.168. The van der Waals surface area contributed by atoms with Crippen LogP contribution >= 0.6 is 15.9 Å². The molecule has 108 valence electrons. The van der Waals surface area contributed by atoms with Gasteiger partial charge >= 0.3 is 11.9 Å². The van der Waals surface area contributed by atoms with Crippen LogP contribution in [0, 0.1) is 0 Å². The summed E-state index contributed by atoms with van der Waals surface area (Å²) in [6, 6.07) is 0. The second-order valence-electron chi connectivity index (χ2n) is 3.83. The lowest BCUT2D eigenvalue weighted by Crippen LogP contribution is -2.12. The molecule has 1 aromatic rings. The number of carboxylic acids is 1. The highest BCUT2D eigenvalue weighted by atomic mass is 79.9. The maximum absolute atomic E-state index is 11.9. The quantitative estimate of drug-likeness (QED) is 0.830. The molecule has 1 aliphatic heterocycles. The summed E-state index contributed by atoms with van der Waals surface area (Å²) >= 11 is 3.21. The van der Waals surface area contributed by atoms with Crippen LogP contribution in [0.3, 0.4) is 0 Å². The van der Waals surface area contributed by atoms with E-state index < -0.39 is 18.0 Å². The van der Waals surface area contributed by atoms with E-state index >= 15 is 0 Å². The molecule has 1 unspecified atom stereocenters. The number of methoxy groups -OCH3 is 3. The Balaban J connectivity index is 2.86. The van der Waals surface area contributed by atoms with Gasteiger partial charge in [-0.15, -0.1) is 0 Å². The molecular formula is C12H11BrO7. The van der Waals surface area contributed by atoms with Crippen molar-refractivity contribution in [3.05, 3.63) is 15.6 Å². The monoisotopic (exact) mass is 346 g/mol. The lowest BCUT2D eigenvalue weighted by molar-refractivity contribution is -0.146. The molecule has 0 bridgehead atoms. The normalized spacial score (nSPS) is 16.4. The molecule has 2 rings (SSSR count). The molecule has 1 aliphatic rings. The van der Waals surface area contributed by atoms with Crippen molar-refractivity contribution in [1.29, 1.82) is 0 Å². The number of carbonyl (C=O) groups excluding carboxylic acids is 1. The molecule has 0 aliphatic carbocycles. The second kappa shape index (κ2) is 5.20. The van der Waals surface area contributed by atoms with Crippen molar-refractivity contribution in [2.45, 2.75) is 6.10 Å². The molecule has 0 fully saturated rings. The third-order valence-corrected chi connectivity index (χ3v) is 3.63. The highest BCUT2D eigenvalue weighted by Crippen LogP contribution is 2.52. The molecule has 7 nitrogen and oxygen atoms in total. The molecule has 0 amide bonds. The molecule has 1 heterocycles. The average Bonchev–Trinajstić information content (AvgIpc) is 2.76. The lowest BCUT2D eigenvalue weighted by Gasteiger charge is -2.17. The summed E-state index contributed by atoms with van der Waals surface area (Å²) in [5, 5.41) is 9.16. The number of halogens is 1. The molecular weight excluding hydrogens is 336 g/mol. The van der Waals surface area contributed by atoms with Crippen molar-refractivity contribution in [3.63, 3.8) is 0 Å². The summed E-state index contributed by atoms with van der Waals surface area (Å²) in [6.45, 7) is 0. The average molecular weight is 347 g/mol. The Morgan fingerprint density at radius 3 is 2.15 bits per heavy atom. The van der Waals surface area contributed by atoms with Crippen LogP contribution in [0.1, 0.15) is 22.0 Å². The van der Waals surface area contributed by atoms with Crippen LogP contribution in [-0.2, 0) is 9.53 Å². The Bertz CT molecular complexity index is 596. The Morgan fingerprint density at radius 2 is 1.70 bits per heavy atom. The van der Waals surface area contributed by atoms with E-state index in [0.717, 1.165) is 0 Å². The summed E-state index contributed by atoms with van der Waals surface area (Å²) in [7, 11) is 4.11. The summed E-state index contributed by atoms with van der Waals surface area (Å²) in [6.07, 6.45) is -1.44. The van der Waals surface area contributed by atoms with Gasteiger partial charge in [0.05, 0.1) is 36.9 Å². The number of fused-ring (bicyclic) bond motifs is 1. The van der Waals surface area contributed by atoms with Gasteiger partial charge in [-0.3, -0.25) is 0 Å². The Labute approximate surface area is 122 Å². The van der Waals surface area contributed by atoms with Gasteiger partial charge in [0, 0.05) is 0 Å². The van der Waals surface area contributed by atoms with E-state index in [-0.39, 0.29) is 32.8 Å². The number of hydrogen-bond acceptors (Lipinski definition) is 6. The molecule has 20 heavy (non-hydrogen) atoms. The van der Waals surface area contributed by atoms with Gasteiger partial charge in [-0.2, -0.15) is 0 Å². The first-order valence-electron chi connectivity index (χ1n) is 5.43. The number of aliphatic carboxylic acids is 1. The fourth-order valence-corrected chi connectivity index (χ4v) is 2.81. The van der Waals surface area contributed by atoms with Crippen LogP contribution in [0.2, 0.25) is 0 Å². The van der Waals surface area contributed by atoms with E-state index in [9.17, 15) is 9.59 Å². The van der Waals surface area contributed by atoms with Crippen molar-refractivity contribution >= 4 is 27.9 Å². The SMILES string of the molecule is COc1c(Br)c2c(c(OC)c1OC)C(C(=O)O)OC2=O. The van der Waals surface area contributed by atoms with Crippen LogP contribution in [0.4, 0.5) is 0 Å². The number of benzene rings is 1. The van der Waals surface area contributed by atoms with Gasteiger partial charge in [-0.25, -0.2) is 9.59 Å². The van der Waals surface area contributed by atoms with Crippen molar-refractivity contribution < 1.29 is 33.6 Å². The number of hydrogen-bond donors (Lipinski definition) is 1. The number of rotatable bonds is 4. The molecule has 8 heteroatoms. The Morgan fingerprint density at radius 1 is 1.15 bits per heavy atom. The number of carboxylic acid groups (broad SMARTS) is 1. The largest absolute Gasteiger partial charge is 0.492 e. The molecule has 0 radical (unpaired) electrons. The van der Waals surface area contributed by atoms with E-state index in [4.69, 9.17) is 24.1 Å². The fourth-order valence-electron chi connectivity index (χ4n) is 2.09. The molecule has 0 saturated carbocycles. The molecule has 0 spiro atoms. The van der Waals surface area contributed by atoms with Gasteiger partial charge in [0.1, 0.15) is 0 Å². The Hall–Kier alpha value is -1.96. The minimum Gasteiger partial charge on any atom is -0.492 e. The first-order chi connectivity index (χ1) is 9.47. The van der Waals surface area contributed by atoms with E-state index in [0.29, 0.717) is 0 Å². The number of ether oxygens (including phenoxy) is 4. The summed E-state index contributed by atoms with van der Waals surface area (Å²) < 4.78 is 20.7. The predicted octanol–water partition coefficient (Wildman–Crippen LogP) is 1.77. The van der Waals surface area contributed by atoms with Gasteiger partial charge < -0.3 is 24.1 Å².